The van der Waals surface area contributed by atoms with Crippen molar-refractivity contribution in [2.45, 2.75) is 142 Å². The standard InChI is InChI=1S/C33H52F2/c1-3-5-7-8-24-10-12-25(13-11-24)14-15-26-16-17-28-21-29(19-18-27(28)20-26)30-22-32(34)31(9-6-4-2)33(35)23-30/h22-29H,3-21H2,1-2H3. The van der Waals surface area contributed by atoms with Gasteiger partial charge in [-0.25, -0.2) is 8.78 Å². The number of halogens is 2. The SMILES string of the molecule is CCCCCC1CCC(CCC2CCC3CC(c4cc(F)c(CCCC)c(F)c4)CCC3C2)CC1. The van der Waals surface area contributed by atoms with E-state index in [-0.39, 0.29) is 11.6 Å². The lowest BCUT2D eigenvalue weighted by Gasteiger charge is -2.43. The van der Waals surface area contributed by atoms with Crippen LogP contribution in [0.1, 0.15) is 146 Å². The van der Waals surface area contributed by atoms with Crippen molar-refractivity contribution >= 4 is 0 Å². The van der Waals surface area contributed by atoms with Crippen LogP contribution in [-0.2, 0) is 6.42 Å². The van der Waals surface area contributed by atoms with Gasteiger partial charge in [-0.05, 0) is 98.1 Å². The van der Waals surface area contributed by atoms with Gasteiger partial charge in [0.15, 0.2) is 0 Å². The van der Waals surface area contributed by atoms with E-state index < -0.39 is 0 Å². The fraction of sp³-hybridized carbons (Fsp3) is 0.818. The Kier molecular flexibility index (Phi) is 10.5. The molecule has 0 saturated heterocycles. The first-order valence-corrected chi connectivity index (χ1v) is 15.5. The second-order valence-electron chi connectivity index (χ2n) is 12.7. The highest BCUT2D eigenvalue weighted by Gasteiger charge is 2.36. The summed E-state index contributed by atoms with van der Waals surface area (Å²) in [5.41, 5.74) is 1.22. The lowest BCUT2D eigenvalue weighted by atomic mass is 9.63. The Bertz CT molecular complexity index is 739. The summed E-state index contributed by atoms with van der Waals surface area (Å²) in [5, 5.41) is 0. The van der Waals surface area contributed by atoms with E-state index in [0.717, 1.165) is 60.8 Å². The Morgan fingerprint density at radius 2 is 1.20 bits per heavy atom. The summed E-state index contributed by atoms with van der Waals surface area (Å²) in [7, 11) is 0. The number of benzene rings is 1. The van der Waals surface area contributed by atoms with Crippen molar-refractivity contribution in [3.8, 4) is 0 Å². The van der Waals surface area contributed by atoms with Crippen LogP contribution in [0.15, 0.2) is 12.1 Å². The molecule has 0 aromatic heterocycles. The maximum Gasteiger partial charge on any atom is 0.129 e. The highest BCUT2D eigenvalue weighted by Crippen LogP contribution is 2.49. The summed E-state index contributed by atoms with van der Waals surface area (Å²) in [6, 6.07) is 3.34. The van der Waals surface area contributed by atoms with Gasteiger partial charge in [0, 0.05) is 5.56 Å². The first-order valence-electron chi connectivity index (χ1n) is 15.5. The number of unbranched alkanes of at least 4 members (excludes halogenated alkanes) is 3. The van der Waals surface area contributed by atoms with E-state index in [1.807, 2.05) is 0 Å². The van der Waals surface area contributed by atoms with Crippen LogP contribution >= 0.6 is 0 Å². The minimum atomic E-state index is -0.311. The fourth-order valence-electron chi connectivity index (χ4n) is 7.97. The van der Waals surface area contributed by atoms with E-state index >= 15 is 0 Å². The molecule has 0 N–H and O–H groups in total. The van der Waals surface area contributed by atoms with Crippen LogP contribution in [-0.4, -0.2) is 0 Å². The summed E-state index contributed by atoms with van der Waals surface area (Å²) in [6.45, 7) is 4.38. The van der Waals surface area contributed by atoms with Gasteiger partial charge >= 0.3 is 0 Å². The van der Waals surface area contributed by atoms with E-state index in [0.29, 0.717) is 17.9 Å². The molecule has 1 aromatic carbocycles. The molecule has 3 saturated carbocycles. The first-order chi connectivity index (χ1) is 17.1. The molecule has 3 aliphatic carbocycles. The van der Waals surface area contributed by atoms with E-state index in [9.17, 15) is 8.78 Å². The Hall–Kier alpha value is -0.920. The smallest absolute Gasteiger partial charge is 0.129 e. The number of rotatable bonds is 11. The predicted octanol–water partition coefficient (Wildman–Crippen LogP) is 10.8. The van der Waals surface area contributed by atoms with Crippen LogP contribution in [0.5, 0.6) is 0 Å². The average molecular weight is 487 g/mol. The summed E-state index contributed by atoms with van der Waals surface area (Å²) < 4.78 is 29.3. The quantitative estimate of drug-likeness (QED) is 0.273. The number of hydrogen-bond donors (Lipinski definition) is 0. The third-order valence-electron chi connectivity index (χ3n) is 10.3. The second-order valence-corrected chi connectivity index (χ2v) is 12.7. The van der Waals surface area contributed by atoms with Gasteiger partial charge in [-0.1, -0.05) is 90.9 Å². The van der Waals surface area contributed by atoms with Gasteiger partial charge in [0.05, 0.1) is 0 Å². The topological polar surface area (TPSA) is 0 Å². The van der Waals surface area contributed by atoms with Crippen LogP contribution < -0.4 is 0 Å². The lowest BCUT2D eigenvalue weighted by Crippen LogP contribution is -2.31. The molecule has 3 aliphatic rings. The molecule has 4 rings (SSSR count). The van der Waals surface area contributed by atoms with Gasteiger partial charge < -0.3 is 0 Å². The number of fused-ring (bicyclic) bond motifs is 1. The molecule has 3 fully saturated rings. The van der Waals surface area contributed by atoms with Crippen molar-refractivity contribution in [1.29, 1.82) is 0 Å². The molecule has 0 aliphatic heterocycles. The second kappa shape index (κ2) is 13.6. The maximum atomic E-state index is 14.7. The van der Waals surface area contributed by atoms with E-state index in [2.05, 4.69) is 13.8 Å². The Balaban J connectivity index is 1.20. The van der Waals surface area contributed by atoms with Gasteiger partial charge in [0.2, 0.25) is 0 Å². The molecule has 4 atom stereocenters. The molecule has 0 amide bonds. The van der Waals surface area contributed by atoms with Crippen LogP contribution in [0.2, 0.25) is 0 Å². The third-order valence-corrected chi connectivity index (χ3v) is 10.3. The van der Waals surface area contributed by atoms with Crippen molar-refractivity contribution in [3.63, 3.8) is 0 Å². The molecule has 198 valence electrons. The van der Waals surface area contributed by atoms with Gasteiger partial charge in [0.25, 0.3) is 0 Å². The molecule has 2 heteroatoms. The molecule has 35 heavy (non-hydrogen) atoms. The van der Waals surface area contributed by atoms with Crippen molar-refractivity contribution in [3.05, 3.63) is 34.9 Å². The highest BCUT2D eigenvalue weighted by atomic mass is 19.1. The van der Waals surface area contributed by atoms with E-state index in [4.69, 9.17) is 0 Å². The molecule has 0 spiro atoms. The first kappa shape index (κ1) is 27.1. The Morgan fingerprint density at radius 1 is 0.629 bits per heavy atom. The molecular weight excluding hydrogens is 434 g/mol. The number of hydrogen-bond acceptors (Lipinski definition) is 0. The molecule has 0 radical (unpaired) electrons. The molecule has 1 aromatic rings. The monoisotopic (exact) mass is 486 g/mol. The van der Waals surface area contributed by atoms with Crippen molar-refractivity contribution in [1.82, 2.24) is 0 Å². The molecule has 0 heterocycles. The van der Waals surface area contributed by atoms with Gasteiger partial charge in [-0.2, -0.15) is 0 Å². The largest absolute Gasteiger partial charge is 0.207 e. The maximum absolute atomic E-state index is 14.7. The molecule has 4 unspecified atom stereocenters. The predicted molar refractivity (Wildman–Crippen MR) is 145 cm³/mol. The van der Waals surface area contributed by atoms with Crippen LogP contribution in [0, 0.1) is 41.2 Å². The normalized spacial score (nSPS) is 31.3. The van der Waals surface area contributed by atoms with Crippen LogP contribution in [0.25, 0.3) is 0 Å². The minimum Gasteiger partial charge on any atom is -0.207 e. The minimum absolute atomic E-state index is 0.301. The zero-order chi connectivity index (χ0) is 24.6. The van der Waals surface area contributed by atoms with Gasteiger partial charge in [-0.15, -0.1) is 0 Å². The van der Waals surface area contributed by atoms with Crippen molar-refractivity contribution < 1.29 is 8.78 Å². The van der Waals surface area contributed by atoms with Crippen LogP contribution in [0.3, 0.4) is 0 Å². The molecule has 0 bridgehead atoms. The third kappa shape index (κ3) is 7.54. The Labute approximate surface area is 215 Å². The summed E-state index contributed by atoms with van der Waals surface area (Å²) in [4.78, 5) is 0. The van der Waals surface area contributed by atoms with E-state index in [1.165, 1.54) is 89.9 Å². The molecule has 0 nitrogen and oxygen atoms in total. The average Bonchev–Trinajstić information content (AvgIpc) is 2.87. The zero-order valence-corrected chi connectivity index (χ0v) is 22.8. The Morgan fingerprint density at radius 3 is 1.89 bits per heavy atom. The highest BCUT2D eigenvalue weighted by molar-refractivity contribution is 5.29. The van der Waals surface area contributed by atoms with Crippen molar-refractivity contribution in [2.75, 3.05) is 0 Å². The fourth-order valence-corrected chi connectivity index (χ4v) is 7.97. The van der Waals surface area contributed by atoms with Gasteiger partial charge in [0.1, 0.15) is 11.6 Å². The van der Waals surface area contributed by atoms with Crippen molar-refractivity contribution in [2.24, 2.45) is 29.6 Å². The summed E-state index contributed by atoms with van der Waals surface area (Å²) >= 11 is 0. The molecular formula is C33H52F2. The summed E-state index contributed by atoms with van der Waals surface area (Å²) in [5.74, 6) is 4.32. The lowest BCUT2D eigenvalue weighted by molar-refractivity contribution is 0.108. The van der Waals surface area contributed by atoms with Crippen LogP contribution in [0.4, 0.5) is 8.78 Å². The zero-order valence-electron chi connectivity index (χ0n) is 22.8. The van der Waals surface area contributed by atoms with Gasteiger partial charge in [-0.3, -0.25) is 0 Å². The summed E-state index contributed by atoms with van der Waals surface area (Å²) in [6.07, 6.45) is 24.6. The van der Waals surface area contributed by atoms with E-state index in [1.54, 1.807) is 12.1 Å².